The molecule has 0 aromatic carbocycles. The molecule has 1 aliphatic heterocycles. The molecule has 0 saturated carbocycles. The van der Waals surface area contributed by atoms with Crippen molar-refractivity contribution < 1.29 is 23.8 Å². The van der Waals surface area contributed by atoms with Gasteiger partial charge in [0.2, 0.25) is 5.91 Å². The molecular formula is C13H15NO5. The van der Waals surface area contributed by atoms with Crippen LogP contribution in [-0.4, -0.2) is 48.2 Å². The van der Waals surface area contributed by atoms with Crippen molar-refractivity contribution in [1.29, 1.82) is 0 Å². The van der Waals surface area contributed by atoms with E-state index < -0.39 is 17.9 Å². The van der Waals surface area contributed by atoms with Gasteiger partial charge in [0.05, 0.1) is 25.5 Å². The lowest BCUT2D eigenvalue weighted by atomic mass is 10.0. The number of carbonyl (C=O) groups excluding carboxylic acids is 1. The average molecular weight is 265 g/mol. The minimum absolute atomic E-state index is 0.138. The summed E-state index contributed by atoms with van der Waals surface area (Å²) >= 11 is 0. The fourth-order valence-corrected chi connectivity index (χ4v) is 1.98. The molecule has 0 aliphatic carbocycles. The number of carboxylic acid groups (broad SMARTS) is 1. The second-order valence-electron chi connectivity index (χ2n) is 4.35. The lowest BCUT2D eigenvalue weighted by Crippen LogP contribution is -2.43. The fourth-order valence-electron chi connectivity index (χ4n) is 1.98. The summed E-state index contributed by atoms with van der Waals surface area (Å²) in [6.07, 6.45) is 4.42. The molecule has 1 aromatic rings. The van der Waals surface area contributed by atoms with E-state index in [0.717, 1.165) is 0 Å². The van der Waals surface area contributed by atoms with Gasteiger partial charge in [-0.15, -0.1) is 0 Å². The van der Waals surface area contributed by atoms with E-state index >= 15 is 0 Å². The third kappa shape index (κ3) is 3.03. The van der Waals surface area contributed by atoms with Crippen LogP contribution in [0, 0.1) is 5.92 Å². The summed E-state index contributed by atoms with van der Waals surface area (Å²) in [5.41, 5.74) is 0. The summed E-state index contributed by atoms with van der Waals surface area (Å²) in [6.45, 7) is 0.382. The topological polar surface area (TPSA) is 80.0 Å². The predicted octanol–water partition coefficient (Wildman–Crippen LogP) is 0.851. The monoisotopic (exact) mass is 265 g/mol. The van der Waals surface area contributed by atoms with E-state index in [1.165, 1.54) is 17.2 Å². The maximum atomic E-state index is 11.9. The van der Waals surface area contributed by atoms with E-state index in [-0.39, 0.29) is 19.1 Å². The van der Waals surface area contributed by atoms with Crippen molar-refractivity contribution in [3.8, 4) is 0 Å². The lowest BCUT2D eigenvalue weighted by Gasteiger charge is -2.25. The molecule has 6 nitrogen and oxygen atoms in total. The largest absolute Gasteiger partial charge is 0.481 e. The van der Waals surface area contributed by atoms with E-state index in [0.29, 0.717) is 5.76 Å². The number of carboxylic acids is 1. The lowest BCUT2D eigenvalue weighted by molar-refractivity contribution is -0.143. The number of hydrogen-bond donors (Lipinski definition) is 1. The van der Waals surface area contributed by atoms with Crippen molar-refractivity contribution in [3.05, 3.63) is 30.2 Å². The zero-order chi connectivity index (χ0) is 13.8. The second-order valence-corrected chi connectivity index (χ2v) is 4.35. The molecule has 2 unspecified atom stereocenters. The Balaban J connectivity index is 2.00. The number of rotatable bonds is 4. The van der Waals surface area contributed by atoms with Crippen LogP contribution in [0.5, 0.6) is 0 Å². The number of likely N-dealkylation sites (N-methyl/N-ethyl adjacent to an activating group) is 1. The average Bonchev–Trinajstić information content (AvgIpc) is 3.05. The normalized spacial score (nSPS) is 22.8. The molecule has 19 heavy (non-hydrogen) atoms. The first-order valence-corrected chi connectivity index (χ1v) is 5.88. The molecule has 2 heterocycles. The Morgan fingerprint density at radius 3 is 2.89 bits per heavy atom. The summed E-state index contributed by atoms with van der Waals surface area (Å²) in [6, 6.07) is 3.01. The molecule has 2 atom stereocenters. The smallest absolute Gasteiger partial charge is 0.311 e. The third-order valence-electron chi connectivity index (χ3n) is 3.15. The van der Waals surface area contributed by atoms with Crippen LogP contribution in [0.25, 0.3) is 6.08 Å². The number of carbonyl (C=O) groups is 2. The molecule has 102 valence electrons. The van der Waals surface area contributed by atoms with Crippen molar-refractivity contribution in [3.63, 3.8) is 0 Å². The summed E-state index contributed by atoms with van der Waals surface area (Å²) in [4.78, 5) is 24.4. The van der Waals surface area contributed by atoms with Gasteiger partial charge in [-0.05, 0) is 18.2 Å². The molecular weight excluding hydrogens is 250 g/mol. The molecule has 0 radical (unpaired) electrons. The predicted molar refractivity (Wildman–Crippen MR) is 66.2 cm³/mol. The summed E-state index contributed by atoms with van der Waals surface area (Å²) in [7, 11) is 1.57. The molecule has 1 saturated heterocycles. The van der Waals surface area contributed by atoms with E-state index in [2.05, 4.69) is 0 Å². The number of amides is 1. The van der Waals surface area contributed by atoms with E-state index in [4.69, 9.17) is 14.3 Å². The second kappa shape index (κ2) is 5.71. The van der Waals surface area contributed by atoms with Gasteiger partial charge in [-0.25, -0.2) is 0 Å². The molecule has 6 heteroatoms. The quantitative estimate of drug-likeness (QED) is 0.816. The van der Waals surface area contributed by atoms with Crippen LogP contribution in [0.4, 0.5) is 0 Å². The van der Waals surface area contributed by atoms with Crippen LogP contribution < -0.4 is 0 Å². The zero-order valence-corrected chi connectivity index (χ0v) is 10.5. The summed E-state index contributed by atoms with van der Waals surface area (Å²) in [5.74, 6) is -1.33. The van der Waals surface area contributed by atoms with Crippen LogP contribution in [0.1, 0.15) is 5.76 Å². The third-order valence-corrected chi connectivity index (χ3v) is 3.15. The van der Waals surface area contributed by atoms with Gasteiger partial charge < -0.3 is 19.2 Å². The number of hydrogen-bond acceptors (Lipinski definition) is 4. The van der Waals surface area contributed by atoms with Crippen molar-refractivity contribution >= 4 is 18.0 Å². The summed E-state index contributed by atoms with van der Waals surface area (Å²) in [5, 5.41) is 9.04. The van der Waals surface area contributed by atoms with Gasteiger partial charge in [0.1, 0.15) is 11.7 Å². The Labute approximate surface area is 110 Å². The molecule has 0 spiro atoms. The van der Waals surface area contributed by atoms with Crippen LogP contribution in [0.15, 0.2) is 28.9 Å². The minimum Gasteiger partial charge on any atom is -0.481 e. The molecule has 1 aliphatic rings. The number of aliphatic carboxylic acids is 1. The van der Waals surface area contributed by atoms with Crippen molar-refractivity contribution in [2.45, 2.75) is 6.04 Å². The highest BCUT2D eigenvalue weighted by Gasteiger charge is 2.37. The molecule has 1 fully saturated rings. The van der Waals surface area contributed by atoms with Crippen molar-refractivity contribution in [2.75, 3.05) is 20.3 Å². The van der Waals surface area contributed by atoms with E-state index in [1.54, 1.807) is 25.3 Å². The van der Waals surface area contributed by atoms with Gasteiger partial charge in [0, 0.05) is 13.1 Å². The number of nitrogens with zero attached hydrogens (tertiary/aromatic N) is 1. The maximum absolute atomic E-state index is 11.9. The highest BCUT2D eigenvalue weighted by Crippen LogP contribution is 2.19. The first kappa shape index (κ1) is 13.4. The fraction of sp³-hybridized carbons (Fsp3) is 0.385. The van der Waals surface area contributed by atoms with Gasteiger partial charge in [0.15, 0.2) is 0 Å². The van der Waals surface area contributed by atoms with Crippen LogP contribution >= 0.6 is 0 Å². The van der Waals surface area contributed by atoms with Gasteiger partial charge in [-0.3, -0.25) is 9.59 Å². The standard InChI is InChI=1S/C13H15NO5/c1-14(11-8-18-7-10(11)13(16)17)12(15)5-4-9-3-2-6-19-9/h2-6,10-11H,7-8H2,1H3,(H,16,17). The van der Waals surface area contributed by atoms with Gasteiger partial charge >= 0.3 is 5.97 Å². The van der Waals surface area contributed by atoms with Crippen molar-refractivity contribution in [1.82, 2.24) is 4.90 Å². The summed E-state index contributed by atoms with van der Waals surface area (Å²) < 4.78 is 10.2. The Kier molecular flexibility index (Phi) is 4.01. The molecule has 1 amide bonds. The van der Waals surface area contributed by atoms with E-state index in [9.17, 15) is 9.59 Å². The van der Waals surface area contributed by atoms with Gasteiger partial charge in [0.25, 0.3) is 0 Å². The molecule has 2 rings (SSSR count). The first-order chi connectivity index (χ1) is 9.09. The number of furan rings is 1. The van der Waals surface area contributed by atoms with Crippen LogP contribution in [-0.2, 0) is 14.3 Å². The zero-order valence-electron chi connectivity index (χ0n) is 10.5. The van der Waals surface area contributed by atoms with Gasteiger partial charge in [-0.1, -0.05) is 0 Å². The van der Waals surface area contributed by atoms with Crippen LogP contribution in [0.3, 0.4) is 0 Å². The van der Waals surface area contributed by atoms with Gasteiger partial charge in [-0.2, -0.15) is 0 Å². The maximum Gasteiger partial charge on any atom is 0.311 e. The Bertz CT molecular complexity index is 479. The highest BCUT2D eigenvalue weighted by atomic mass is 16.5. The van der Waals surface area contributed by atoms with Crippen LogP contribution in [0.2, 0.25) is 0 Å². The first-order valence-electron chi connectivity index (χ1n) is 5.88. The Hall–Kier alpha value is -2.08. The SMILES string of the molecule is CN(C(=O)C=Cc1ccco1)C1COCC1C(=O)O. The molecule has 1 N–H and O–H groups in total. The van der Waals surface area contributed by atoms with Crippen molar-refractivity contribution in [2.24, 2.45) is 5.92 Å². The Morgan fingerprint density at radius 1 is 1.47 bits per heavy atom. The van der Waals surface area contributed by atoms with E-state index in [1.807, 2.05) is 0 Å². The molecule has 1 aromatic heterocycles. The minimum atomic E-state index is -0.947. The highest BCUT2D eigenvalue weighted by molar-refractivity contribution is 5.91. The Morgan fingerprint density at radius 2 is 2.26 bits per heavy atom. The molecule has 0 bridgehead atoms. The number of ether oxygens (including phenoxy) is 1.